The quantitative estimate of drug-likeness (QED) is 0.145. The lowest BCUT2D eigenvalue weighted by atomic mass is 9.82. The number of para-hydroxylation sites is 1. The largest absolute Gasteiger partial charge is 0.432 e. The number of carbonyl (C=O) groups excluding carboxylic acids is 2. The van der Waals surface area contributed by atoms with Crippen LogP contribution in [0, 0.1) is 5.92 Å². The molecule has 2 aliphatic rings. The van der Waals surface area contributed by atoms with Crippen molar-refractivity contribution in [2.45, 2.75) is 69.6 Å². The van der Waals surface area contributed by atoms with Crippen molar-refractivity contribution in [3.63, 3.8) is 0 Å². The average molecular weight is 679 g/mol. The van der Waals surface area contributed by atoms with Crippen LogP contribution in [0.3, 0.4) is 0 Å². The minimum absolute atomic E-state index is 0.0106. The Morgan fingerprint density at radius 3 is 2.65 bits per heavy atom. The van der Waals surface area contributed by atoms with Gasteiger partial charge in [-0.1, -0.05) is 60.7 Å². The first-order valence-electron chi connectivity index (χ1n) is 16.8. The predicted molar refractivity (Wildman–Crippen MR) is 189 cm³/mol. The third kappa shape index (κ3) is 6.10. The highest BCUT2D eigenvalue weighted by molar-refractivity contribution is 6.71. The second-order valence-electron chi connectivity index (χ2n) is 13.8. The van der Waals surface area contributed by atoms with Crippen LogP contribution in [0.5, 0.6) is 0 Å². The van der Waals surface area contributed by atoms with E-state index in [9.17, 15) is 19.5 Å². The predicted octanol–water partition coefficient (Wildman–Crippen LogP) is 4.91. The highest BCUT2D eigenvalue weighted by Crippen LogP contribution is 2.60. The number of ether oxygens (including phenoxy) is 1. The fourth-order valence-corrected chi connectivity index (χ4v) is 10.5. The van der Waals surface area contributed by atoms with Gasteiger partial charge < -0.3 is 29.8 Å². The summed E-state index contributed by atoms with van der Waals surface area (Å²) in [6, 6.07) is 23.3. The van der Waals surface area contributed by atoms with E-state index in [4.69, 9.17) is 4.74 Å². The Morgan fingerprint density at radius 1 is 1.10 bits per heavy atom. The van der Waals surface area contributed by atoms with E-state index in [1.54, 1.807) is 9.58 Å². The number of rotatable bonds is 11. The van der Waals surface area contributed by atoms with Crippen LogP contribution in [0.1, 0.15) is 35.7 Å². The number of amides is 2. The number of hydrogen-bond donors (Lipinski definition) is 4. The van der Waals surface area contributed by atoms with Crippen molar-refractivity contribution in [2.75, 3.05) is 16.8 Å². The third-order valence-corrected chi connectivity index (χ3v) is 12.6. The number of hydrogen-bond acceptors (Lipinski definition) is 7. The number of nitrogens with one attached hydrogen (secondary N) is 2. The van der Waals surface area contributed by atoms with E-state index in [2.05, 4.69) is 20.6 Å². The molecule has 7 rings (SSSR count). The van der Waals surface area contributed by atoms with Gasteiger partial charge in [-0.15, -0.1) is 5.10 Å². The third-order valence-electron chi connectivity index (χ3n) is 10.1. The van der Waals surface area contributed by atoms with Crippen LogP contribution in [0.4, 0.5) is 11.4 Å². The number of aliphatic hydroxyl groups is 1. The van der Waals surface area contributed by atoms with E-state index in [0.29, 0.717) is 42.9 Å². The Balaban J connectivity index is 1.22. The molecule has 1 spiro atoms. The summed E-state index contributed by atoms with van der Waals surface area (Å²) < 4.78 is 8.73. The summed E-state index contributed by atoms with van der Waals surface area (Å²) in [6.07, 6.45) is 4.36. The number of aromatic amines is 1. The lowest BCUT2D eigenvalue weighted by molar-refractivity contribution is -0.146. The fraction of sp³-hybridized carbons (Fsp3) is 0.351. The average Bonchev–Trinajstić information content (AvgIpc) is 3.83. The topological polar surface area (TPSA) is 146 Å². The minimum Gasteiger partial charge on any atom is -0.432 e. The summed E-state index contributed by atoms with van der Waals surface area (Å²) >= 11 is 0. The standard InChI is InChI=1S/C37H42N6O5Si/c1-24-35(49(2,3)47)33(15-17-42-23-28(16-18-44)40-41-42)48-37(24)30-20-27(39-34(45)19-26-21-38-31-12-8-7-11-29(26)31)13-14-32(30)43(36(37)46)22-25-9-5-4-6-10-25/h4-14,20-21,23-24,33,35,38,44,47H,15-19,22H2,1-3H3,(H,39,45)/t24-,33+,35-,37+/m1/s1. The summed E-state index contributed by atoms with van der Waals surface area (Å²) in [5.41, 5.74) is 3.95. The van der Waals surface area contributed by atoms with Gasteiger partial charge in [-0.2, -0.15) is 0 Å². The van der Waals surface area contributed by atoms with E-state index < -0.39 is 20.0 Å². The van der Waals surface area contributed by atoms with Gasteiger partial charge in [0.15, 0.2) is 13.9 Å². The lowest BCUT2D eigenvalue weighted by Crippen LogP contribution is -2.46. The van der Waals surface area contributed by atoms with Gasteiger partial charge in [0.25, 0.3) is 5.91 Å². The Morgan fingerprint density at radius 2 is 1.88 bits per heavy atom. The normalized spacial score (nSPS) is 21.9. The maximum Gasteiger partial charge on any atom is 0.264 e. The second kappa shape index (κ2) is 13.0. The van der Waals surface area contributed by atoms with Gasteiger partial charge in [-0.3, -0.25) is 14.3 Å². The van der Waals surface area contributed by atoms with Crippen LogP contribution < -0.4 is 10.2 Å². The molecule has 49 heavy (non-hydrogen) atoms. The van der Waals surface area contributed by atoms with Crippen LogP contribution in [0.2, 0.25) is 18.6 Å². The molecule has 0 radical (unpaired) electrons. The maximum atomic E-state index is 14.8. The molecule has 12 heteroatoms. The summed E-state index contributed by atoms with van der Waals surface area (Å²) in [7, 11) is -2.88. The molecule has 2 amide bonds. The molecule has 254 valence electrons. The molecule has 4 N–H and O–H groups in total. The van der Waals surface area contributed by atoms with Crippen molar-refractivity contribution in [2.24, 2.45) is 5.92 Å². The van der Waals surface area contributed by atoms with E-state index in [1.807, 2.05) is 105 Å². The Kier molecular flexibility index (Phi) is 8.74. The summed E-state index contributed by atoms with van der Waals surface area (Å²) in [5, 5.41) is 21.7. The van der Waals surface area contributed by atoms with Crippen molar-refractivity contribution < 1.29 is 24.2 Å². The minimum atomic E-state index is -2.88. The number of carbonyl (C=O) groups is 2. The molecule has 1 fully saturated rings. The molecule has 1 saturated heterocycles. The van der Waals surface area contributed by atoms with Crippen LogP contribution in [0.25, 0.3) is 10.9 Å². The van der Waals surface area contributed by atoms with Gasteiger partial charge in [0, 0.05) is 65.6 Å². The van der Waals surface area contributed by atoms with Gasteiger partial charge in [0.1, 0.15) is 0 Å². The van der Waals surface area contributed by atoms with Crippen molar-refractivity contribution in [3.05, 3.63) is 108 Å². The zero-order valence-electron chi connectivity index (χ0n) is 28.0. The first-order valence-corrected chi connectivity index (χ1v) is 19.9. The molecule has 0 unspecified atom stereocenters. The number of fused-ring (bicyclic) bond motifs is 3. The van der Waals surface area contributed by atoms with Crippen LogP contribution in [-0.4, -0.2) is 62.7 Å². The number of benzene rings is 3. The Bertz CT molecular complexity index is 1990. The lowest BCUT2D eigenvalue weighted by Gasteiger charge is -2.32. The second-order valence-corrected chi connectivity index (χ2v) is 17.8. The Hall–Kier alpha value is -4.62. The molecule has 2 aromatic heterocycles. The summed E-state index contributed by atoms with van der Waals surface area (Å²) in [4.78, 5) is 44.9. The first kappa shape index (κ1) is 32.9. The number of anilines is 2. The molecule has 0 aliphatic carbocycles. The van der Waals surface area contributed by atoms with Gasteiger partial charge in [0.05, 0.1) is 30.5 Å². The number of H-pyrrole nitrogens is 1. The van der Waals surface area contributed by atoms with Gasteiger partial charge in [-0.25, -0.2) is 0 Å². The molecule has 3 aromatic carbocycles. The monoisotopic (exact) mass is 678 g/mol. The zero-order chi connectivity index (χ0) is 34.3. The molecule has 0 bridgehead atoms. The molecule has 2 aliphatic heterocycles. The van der Waals surface area contributed by atoms with Crippen LogP contribution >= 0.6 is 0 Å². The molecule has 0 saturated carbocycles. The van der Waals surface area contributed by atoms with Gasteiger partial charge in [0.2, 0.25) is 5.91 Å². The molecule has 4 atom stereocenters. The number of nitrogens with zero attached hydrogens (tertiary/aromatic N) is 4. The highest BCUT2D eigenvalue weighted by Gasteiger charge is 2.66. The molecular formula is C37H42N6O5Si. The summed E-state index contributed by atoms with van der Waals surface area (Å²) in [5.74, 6) is -0.690. The summed E-state index contributed by atoms with van der Waals surface area (Å²) in [6.45, 7) is 6.65. The van der Waals surface area contributed by atoms with Crippen molar-refractivity contribution >= 4 is 42.4 Å². The number of aliphatic hydroxyl groups excluding tert-OH is 1. The number of aromatic nitrogens is 4. The van der Waals surface area contributed by atoms with Crippen LogP contribution in [-0.2, 0) is 45.9 Å². The van der Waals surface area contributed by atoms with Gasteiger partial charge in [-0.05, 0) is 54.9 Å². The highest BCUT2D eigenvalue weighted by atomic mass is 28.4. The SMILES string of the molecule is C[C@@H]1[C@@H]([Si](C)(C)O)[C@H](CCn2cc(CCO)nn2)O[C@@]12C(=O)N(Cc1ccccc1)c1ccc(NC(=O)Cc3c[nH]c4ccccc34)cc12. The molecule has 4 heterocycles. The molecule has 5 aromatic rings. The van der Waals surface area contributed by atoms with E-state index >= 15 is 0 Å². The van der Waals surface area contributed by atoms with Crippen molar-refractivity contribution in [1.29, 1.82) is 0 Å². The van der Waals surface area contributed by atoms with Gasteiger partial charge >= 0.3 is 0 Å². The van der Waals surface area contributed by atoms with E-state index in [1.165, 1.54) is 0 Å². The van der Waals surface area contributed by atoms with Crippen molar-refractivity contribution in [3.8, 4) is 0 Å². The zero-order valence-corrected chi connectivity index (χ0v) is 29.0. The van der Waals surface area contributed by atoms with Crippen molar-refractivity contribution in [1.82, 2.24) is 20.0 Å². The first-order chi connectivity index (χ1) is 23.6. The van der Waals surface area contributed by atoms with E-state index in [0.717, 1.165) is 27.7 Å². The maximum absolute atomic E-state index is 14.8. The number of aryl methyl sites for hydroxylation is 1. The van der Waals surface area contributed by atoms with Crippen LogP contribution in [0.15, 0.2) is 85.2 Å². The molecular weight excluding hydrogens is 637 g/mol. The fourth-order valence-electron chi connectivity index (χ4n) is 7.94. The van der Waals surface area contributed by atoms with E-state index in [-0.39, 0.29) is 36.3 Å². The molecule has 11 nitrogen and oxygen atoms in total. The Labute approximate surface area is 286 Å². The smallest absolute Gasteiger partial charge is 0.264 e.